The lowest BCUT2D eigenvalue weighted by Gasteiger charge is -2.18. The molecular weight excluding hydrogens is 258 g/mol. The molecule has 5 heteroatoms. The highest BCUT2D eigenvalue weighted by molar-refractivity contribution is 6.59. The fourth-order valence-electron chi connectivity index (χ4n) is 1.76. The number of rotatable bonds is 10. The Balaban J connectivity index is 4.21. The number of hydrogen-bond donors (Lipinski definition) is 1. The van der Waals surface area contributed by atoms with Crippen molar-refractivity contribution in [3.8, 4) is 0 Å². The molecule has 0 saturated heterocycles. The summed E-state index contributed by atoms with van der Waals surface area (Å²) in [6, 6.07) is 0.589. The molecule has 0 radical (unpaired) electrons. The predicted molar refractivity (Wildman–Crippen MR) is 81.5 cm³/mol. The van der Waals surface area contributed by atoms with Gasteiger partial charge in [0.05, 0.1) is 0 Å². The van der Waals surface area contributed by atoms with Crippen LogP contribution in [0.15, 0.2) is 12.3 Å². The van der Waals surface area contributed by atoms with Crippen LogP contribution in [-0.4, -0.2) is 45.2 Å². The van der Waals surface area contributed by atoms with Crippen molar-refractivity contribution in [3.63, 3.8) is 0 Å². The Labute approximate surface area is 119 Å². The molecule has 19 heavy (non-hydrogen) atoms. The molecule has 0 heterocycles. The van der Waals surface area contributed by atoms with Gasteiger partial charge >= 0.3 is 8.80 Å². The SMILES string of the molecule is CC=C[N+](=CCCC(C)C)CCC[Si](O)(OC)OC. The normalized spacial score (nSPS) is 13.7. The molecule has 0 aliphatic carbocycles. The van der Waals surface area contributed by atoms with E-state index in [1.54, 1.807) is 0 Å². The van der Waals surface area contributed by atoms with Gasteiger partial charge in [0.25, 0.3) is 0 Å². The van der Waals surface area contributed by atoms with Gasteiger partial charge in [-0.1, -0.05) is 13.8 Å². The van der Waals surface area contributed by atoms with Crippen LogP contribution in [0.2, 0.25) is 6.04 Å². The number of nitrogens with zero attached hydrogens (tertiary/aromatic N) is 1. The Bertz CT molecular complexity index is 286. The molecule has 0 saturated carbocycles. The van der Waals surface area contributed by atoms with Crippen LogP contribution in [0.4, 0.5) is 0 Å². The Hall–Kier alpha value is -0.493. The summed E-state index contributed by atoms with van der Waals surface area (Å²) in [6.45, 7) is 7.36. The first kappa shape index (κ1) is 18.5. The Morgan fingerprint density at radius 3 is 2.37 bits per heavy atom. The third-order valence-corrected chi connectivity index (χ3v) is 5.26. The molecule has 0 aliphatic rings. The number of hydrogen-bond acceptors (Lipinski definition) is 3. The minimum atomic E-state index is -2.90. The van der Waals surface area contributed by atoms with E-state index < -0.39 is 8.80 Å². The molecule has 0 bridgehead atoms. The molecule has 0 aliphatic heterocycles. The van der Waals surface area contributed by atoms with Crippen LogP contribution >= 0.6 is 0 Å². The second-order valence-electron chi connectivity index (χ2n) is 5.10. The van der Waals surface area contributed by atoms with Gasteiger partial charge in [0.15, 0.2) is 6.20 Å². The van der Waals surface area contributed by atoms with Crippen LogP contribution < -0.4 is 0 Å². The molecule has 0 unspecified atom stereocenters. The van der Waals surface area contributed by atoms with Crippen molar-refractivity contribution in [2.45, 2.75) is 46.1 Å². The first-order valence-corrected chi connectivity index (χ1v) is 8.99. The van der Waals surface area contributed by atoms with Gasteiger partial charge in [-0.25, -0.2) is 4.58 Å². The van der Waals surface area contributed by atoms with E-state index in [9.17, 15) is 4.80 Å². The summed E-state index contributed by atoms with van der Waals surface area (Å²) < 4.78 is 12.3. The molecule has 0 aromatic carbocycles. The summed E-state index contributed by atoms with van der Waals surface area (Å²) in [5, 5.41) is 0. The lowest BCUT2D eigenvalue weighted by molar-refractivity contribution is -0.453. The first-order chi connectivity index (χ1) is 8.97. The third kappa shape index (κ3) is 9.10. The largest absolute Gasteiger partial charge is 0.497 e. The zero-order valence-electron chi connectivity index (χ0n) is 13.1. The Morgan fingerprint density at radius 1 is 1.26 bits per heavy atom. The molecule has 0 amide bonds. The Morgan fingerprint density at radius 2 is 1.89 bits per heavy atom. The summed E-state index contributed by atoms with van der Waals surface area (Å²) in [4.78, 5) is 9.97. The summed E-state index contributed by atoms with van der Waals surface area (Å²) in [7, 11) is 0.115. The standard InChI is InChI=1S/C14H30NO3Si/c1-6-10-15(11-7-9-14(2)3)12-8-13-19(16,17-4)18-5/h6,10-11,14,16H,7-9,12-13H2,1-5H3/q+1. The van der Waals surface area contributed by atoms with E-state index in [0.29, 0.717) is 6.04 Å². The van der Waals surface area contributed by atoms with Crippen molar-refractivity contribution in [1.29, 1.82) is 0 Å². The molecule has 112 valence electrons. The van der Waals surface area contributed by atoms with Crippen LogP contribution in [0.5, 0.6) is 0 Å². The minimum Gasteiger partial charge on any atom is -0.390 e. The lowest BCUT2D eigenvalue weighted by Crippen LogP contribution is -2.40. The van der Waals surface area contributed by atoms with Gasteiger partial charge in [-0.05, 0) is 25.3 Å². The highest BCUT2D eigenvalue weighted by Crippen LogP contribution is 2.10. The van der Waals surface area contributed by atoms with Gasteiger partial charge in [-0.15, -0.1) is 0 Å². The van der Waals surface area contributed by atoms with Crippen LogP contribution in [-0.2, 0) is 8.85 Å². The van der Waals surface area contributed by atoms with Crippen LogP contribution in [0.3, 0.4) is 0 Å². The van der Waals surface area contributed by atoms with Crippen molar-refractivity contribution in [1.82, 2.24) is 0 Å². The average molecular weight is 288 g/mol. The average Bonchev–Trinajstić information content (AvgIpc) is 2.38. The molecule has 0 rings (SSSR count). The fourth-order valence-corrected chi connectivity index (χ4v) is 2.94. The van der Waals surface area contributed by atoms with Gasteiger partial charge in [0.2, 0.25) is 0 Å². The van der Waals surface area contributed by atoms with E-state index in [2.05, 4.69) is 30.8 Å². The van der Waals surface area contributed by atoms with E-state index in [-0.39, 0.29) is 0 Å². The molecule has 0 aromatic rings. The maximum absolute atomic E-state index is 9.97. The van der Waals surface area contributed by atoms with Crippen molar-refractivity contribution in [2.75, 3.05) is 20.8 Å². The lowest BCUT2D eigenvalue weighted by atomic mass is 10.1. The first-order valence-electron chi connectivity index (χ1n) is 7.02. The summed E-state index contributed by atoms with van der Waals surface area (Å²) >= 11 is 0. The van der Waals surface area contributed by atoms with E-state index in [4.69, 9.17) is 8.85 Å². The molecule has 0 aromatic heterocycles. The van der Waals surface area contributed by atoms with Crippen molar-refractivity contribution in [3.05, 3.63) is 12.3 Å². The maximum Gasteiger partial charge on any atom is 0.497 e. The second kappa shape index (κ2) is 10.3. The van der Waals surface area contributed by atoms with Crippen LogP contribution in [0.1, 0.15) is 40.0 Å². The molecule has 1 N–H and O–H groups in total. The van der Waals surface area contributed by atoms with Crippen molar-refractivity contribution >= 4 is 15.0 Å². The van der Waals surface area contributed by atoms with Gasteiger partial charge in [-0.3, -0.25) is 0 Å². The summed E-state index contributed by atoms with van der Waals surface area (Å²) in [5.74, 6) is 0.725. The maximum atomic E-state index is 9.97. The van der Waals surface area contributed by atoms with Gasteiger partial charge < -0.3 is 13.6 Å². The smallest absolute Gasteiger partial charge is 0.390 e. The van der Waals surface area contributed by atoms with E-state index in [1.807, 2.05) is 13.0 Å². The molecule has 0 atom stereocenters. The summed E-state index contributed by atoms with van der Waals surface area (Å²) in [5.41, 5.74) is 0. The minimum absolute atomic E-state index is 0.589. The van der Waals surface area contributed by atoms with E-state index in [1.165, 1.54) is 20.6 Å². The zero-order chi connectivity index (χ0) is 14.7. The van der Waals surface area contributed by atoms with Crippen molar-refractivity contribution < 1.29 is 18.2 Å². The highest BCUT2D eigenvalue weighted by Gasteiger charge is 2.33. The monoisotopic (exact) mass is 288 g/mol. The molecule has 4 nitrogen and oxygen atoms in total. The zero-order valence-corrected chi connectivity index (χ0v) is 14.1. The highest BCUT2D eigenvalue weighted by atomic mass is 28.4. The Kier molecular flexibility index (Phi) is 10.0. The number of allylic oxidation sites excluding steroid dienone is 1. The second-order valence-corrected chi connectivity index (χ2v) is 7.84. The summed E-state index contributed by atoms with van der Waals surface area (Å²) in [6.07, 6.45) is 9.46. The van der Waals surface area contributed by atoms with Gasteiger partial charge in [-0.2, -0.15) is 0 Å². The fraction of sp³-hybridized carbons (Fsp3) is 0.786. The van der Waals surface area contributed by atoms with Gasteiger partial charge in [0.1, 0.15) is 12.8 Å². The molecule has 0 fully saturated rings. The quantitative estimate of drug-likeness (QED) is 0.382. The third-order valence-electron chi connectivity index (χ3n) is 3.00. The van der Waals surface area contributed by atoms with E-state index >= 15 is 0 Å². The van der Waals surface area contributed by atoms with Crippen LogP contribution in [0, 0.1) is 5.92 Å². The van der Waals surface area contributed by atoms with Gasteiger partial charge in [0, 0.05) is 33.1 Å². The van der Waals surface area contributed by atoms with Crippen LogP contribution in [0.25, 0.3) is 0 Å². The molecule has 0 spiro atoms. The predicted octanol–water partition coefficient (Wildman–Crippen LogP) is 2.65. The van der Waals surface area contributed by atoms with Crippen molar-refractivity contribution in [2.24, 2.45) is 5.92 Å². The van der Waals surface area contributed by atoms with E-state index in [0.717, 1.165) is 25.3 Å². The topological polar surface area (TPSA) is 41.7 Å². The molecular formula is C14H30NO3Si+.